The molecule has 0 radical (unpaired) electrons. The highest BCUT2D eigenvalue weighted by Gasteiger charge is 2.12. The van der Waals surface area contributed by atoms with Gasteiger partial charge in [0.05, 0.1) is 17.8 Å². The maximum atomic E-state index is 12.1. The Labute approximate surface area is 196 Å². The number of rotatable bonds is 10. The lowest BCUT2D eigenvalue weighted by atomic mass is 10.1. The van der Waals surface area contributed by atoms with Crippen LogP contribution in [0.5, 0.6) is 17.2 Å². The lowest BCUT2D eigenvalue weighted by Crippen LogP contribution is -2.24. The van der Waals surface area contributed by atoms with Gasteiger partial charge in [0.1, 0.15) is 12.4 Å². The molecule has 1 amide bonds. The molecular formula is C25H25BrN2O4. The number of benzene rings is 3. The number of carbonyl (C=O) groups excluding carboxylic acids is 1. The number of amides is 1. The van der Waals surface area contributed by atoms with E-state index in [9.17, 15) is 4.79 Å². The van der Waals surface area contributed by atoms with Gasteiger partial charge in [-0.1, -0.05) is 55.5 Å². The molecule has 166 valence electrons. The third kappa shape index (κ3) is 6.59. The van der Waals surface area contributed by atoms with Crippen LogP contribution in [-0.4, -0.2) is 25.8 Å². The maximum Gasteiger partial charge on any atom is 0.277 e. The molecule has 32 heavy (non-hydrogen) atoms. The van der Waals surface area contributed by atoms with Crippen LogP contribution in [0.1, 0.15) is 23.6 Å². The zero-order valence-electron chi connectivity index (χ0n) is 18.0. The summed E-state index contributed by atoms with van der Waals surface area (Å²) in [5, 5.41) is 4.01. The molecule has 0 bridgehead atoms. The standard InChI is InChI=1S/C25H25BrN2O4/c1-3-20-11-7-8-12-22(20)31-17-24(29)28-27-15-19-13-21(26)25(23(14-19)30-2)32-16-18-9-5-4-6-10-18/h4-15H,3,16-17H2,1-2H3,(H,28,29)/b27-15+. The zero-order chi connectivity index (χ0) is 22.8. The van der Waals surface area contributed by atoms with Crippen molar-refractivity contribution in [3.8, 4) is 17.2 Å². The van der Waals surface area contributed by atoms with Crippen LogP contribution in [0.15, 0.2) is 76.3 Å². The highest BCUT2D eigenvalue weighted by molar-refractivity contribution is 9.10. The van der Waals surface area contributed by atoms with E-state index >= 15 is 0 Å². The van der Waals surface area contributed by atoms with Crippen LogP contribution < -0.4 is 19.6 Å². The Morgan fingerprint density at radius 2 is 1.78 bits per heavy atom. The molecule has 0 aromatic heterocycles. The Hall–Kier alpha value is -3.32. The number of hydrogen-bond donors (Lipinski definition) is 1. The SMILES string of the molecule is CCc1ccccc1OCC(=O)N/N=C/c1cc(Br)c(OCc2ccccc2)c(OC)c1. The van der Waals surface area contributed by atoms with Gasteiger partial charge < -0.3 is 14.2 Å². The predicted molar refractivity (Wildman–Crippen MR) is 129 cm³/mol. The van der Waals surface area contributed by atoms with Gasteiger partial charge in [-0.25, -0.2) is 5.43 Å². The molecule has 0 aliphatic heterocycles. The van der Waals surface area contributed by atoms with Gasteiger partial charge in [-0.3, -0.25) is 4.79 Å². The Morgan fingerprint density at radius 1 is 1.03 bits per heavy atom. The highest BCUT2D eigenvalue weighted by Crippen LogP contribution is 2.36. The normalized spacial score (nSPS) is 10.7. The summed E-state index contributed by atoms with van der Waals surface area (Å²) < 4.78 is 17.7. The summed E-state index contributed by atoms with van der Waals surface area (Å²) >= 11 is 3.52. The molecule has 3 rings (SSSR count). The molecule has 6 nitrogen and oxygen atoms in total. The maximum absolute atomic E-state index is 12.1. The molecule has 0 aliphatic carbocycles. The van der Waals surface area contributed by atoms with E-state index in [0.717, 1.165) is 27.6 Å². The Balaban J connectivity index is 1.58. The van der Waals surface area contributed by atoms with Crippen LogP contribution in [0.2, 0.25) is 0 Å². The van der Waals surface area contributed by atoms with Crippen LogP contribution in [0.3, 0.4) is 0 Å². The minimum Gasteiger partial charge on any atom is -0.493 e. The van der Waals surface area contributed by atoms with E-state index in [2.05, 4.69) is 26.5 Å². The van der Waals surface area contributed by atoms with E-state index in [0.29, 0.717) is 23.9 Å². The topological polar surface area (TPSA) is 69.2 Å². The molecule has 3 aromatic rings. The molecule has 0 unspecified atom stereocenters. The minimum atomic E-state index is -0.346. The van der Waals surface area contributed by atoms with Crippen molar-refractivity contribution in [2.24, 2.45) is 5.10 Å². The number of para-hydroxylation sites is 1. The van der Waals surface area contributed by atoms with E-state index in [4.69, 9.17) is 14.2 Å². The first-order valence-electron chi connectivity index (χ1n) is 10.2. The first-order chi connectivity index (χ1) is 15.6. The Bertz CT molecular complexity index is 1070. The molecule has 1 N–H and O–H groups in total. The smallest absolute Gasteiger partial charge is 0.277 e. The molecule has 3 aromatic carbocycles. The van der Waals surface area contributed by atoms with Crippen molar-refractivity contribution in [3.63, 3.8) is 0 Å². The molecule has 0 spiro atoms. The van der Waals surface area contributed by atoms with Crippen molar-refractivity contribution in [2.75, 3.05) is 13.7 Å². The monoisotopic (exact) mass is 496 g/mol. The molecule has 0 fully saturated rings. The largest absolute Gasteiger partial charge is 0.493 e. The summed E-state index contributed by atoms with van der Waals surface area (Å²) in [7, 11) is 1.57. The lowest BCUT2D eigenvalue weighted by Gasteiger charge is -2.13. The fraction of sp³-hybridized carbons (Fsp3) is 0.200. The first kappa shape index (κ1) is 23.3. The van der Waals surface area contributed by atoms with Crippen molar-refractivity contribution >= 4 is 28.1 Å². The van der Waals surface area contributed by atoms with Gasteiger partial charge in [0.25, 0.3) is 5.91 Å². The minimum absolute atomic E-state index is 0.117. The van der Waals surface area contributed by atoms with Gasteiger partial charge in [-0.05, 0) is 57.2 Å². The average molecular weight is 497 g/mol. The third-order valence-corrected chi connectivity index (χ3v) is 5.18. The summed E-state index contributed by atoms with van der Waals surface area (Å²) in [4.78, 5) is 12.1. The number of nitrogens with one attached hydrogen (secondary N) is 1. The van der Waals surface area contributed by atoms with Gasteiger partial charge in [0.15, 0.2) is 18.1 Å². The van der Waals surface area contributed by atoms with E-state index in [1.54, 1.807) is 13.2 Å². The number of halogens is 1. The summed E-state index contributed by atoms with van der Waals surface area (Å²) in [5.41, 5.74) is 5.32. The van der Waals surface area contributed by atoms with Crippen molar-refractivity contribution in [2.45, 2.75) is 20.0 Å². The fourth-order valence-corrected chi connectivity index (χ4v) is 3.55. The van der Waals surface area contributed by atoms with Gasteiger partial charge in [0.2, 0.25) is 0 Å². The van der Waals surface area contributed by atoms with E-state index in [1.165, 1.54) is 6.21 Å². The van der Waals surface area contributed by atoms with Crippen molar-refractivity contribution in [3.05, 3.63) is 87.9 Å². The number of aryl methyl sites for hydroxylation is 1. The molecule has 7 heteroatoms. The molecule has 0 heterocycles. The predicted octanol–water partition coefficient (Wildman–Crippen LogP) is 5.13. The molecule has 0 atom stereocenters. The van der Waals surface area contributed by atoms with Crippen molar-refractivity contribution in [1.82, 2.24) is 5.43 Å². The van der Waals surface area contributed by atoms with E-state index in [-0.39, 0.29) is 12.5 Å². The van der Waals surface area contributed by atoms with Crippen LogP contribution >= 0.6 is 15.9 Å². The average Bonchev–Trinajstić information content (AvgIpc) is 2.82. The van der Waals surface area contributed by atoms with Crippen LogP contribution in [0, 0.1) is 0 Å². The number of ether oxygens (including phenoxy) is 3. The fourth-order valence-electron chi connectivity index (χ4n) is 2.98. The second-order valence-electron chi connectivity index (χ2n) is 6.85. The summed E-state index contributed by atoms with van der Waals surface area (Å²) in [6, 6.07) is 21.2. The number of hydrogen-bond acceptors (Lipinski definition) is 5. The van der Waals surface area contributed by atoms with Crippen LogP contribution in [0.4, 0.5) is 0 Å². The summed E-state index contributed by atoms with van der Waals surface area (Å²) in [6.07, 6.45) is 2.36. The van der Waals surface area contributed by atoms with Crippen molar-refractivity contribution < 1.29 is 19.0 Å². The third-order valence-electron chi connectivity index (χ3n) is 4.59. The second kappa shape index (κ2) is 11.9. The molecule has 0 saturated carbocycles. The van der Waals surface area contributed by atoms with Gasteiger partial charge in [0, 0.05) is 0 Å². The lowest BCUT2D eigenvalue weighted by molar-refractivity contribution is -0.123. The second-order valence-corrected chi connectivity index (χ2v) is 7.71. The van der Waals surface area contributed by atoms with Gasteiger partial charge >= 0.3 is 0 Å². The molecular weight excluding hydrogens is 472 g/mol. The summed E-state index contributed by atoms with van der Waals surface area (Å²) in [5.74, 6) is 1.51. The molecule has 0 saturated heterocycles. The van der Waals surface area contributed by atoms with E-state index < -0.39 is 0 Å². The summed E-state index contributed by atoms with van der Waals surface area (Å²) in [6.45, 7) is 2.34. The first-order valence-corrected chi connectivity index (χ1v) is 11.0. The van der Waals surface area contributed by atoms with Gasteiger partial charge in [-0.15, -0.1) is 0 Å². The molecule has 0 aliphatic rings. The van der Waals surface area contributed by atoms with Crippen LogP contribution in [0.25, 0.3) is 0 Å². The van der Waals surface area contributed by atoms with Crippen LogP contribution in [-0.2, 0) is 17.8 Å². The number of nitrogens with zero attached hydrogens (tertiary/aromatic N) is 1. The van der Waals surface area contributed by atoms with E-state index in [1.807, 2.05) is 67.6 Å². The Kier molecular flexibility index (Phi) is 8.69. The highest BCUT2D eigenvalue weighted by atomic mass is 79.9. The zero-order valence-corrected chi connectivity index (χ0v) is 19.6. The Morgan fingerprint density at radius 3 is 2.53 bits per heavy atom. The van der Waals surface area contributed by atoms with Crippen molar-refractivity contribution in [1.29, 1.82) is 0 Å². The number of hydrazone groups is 1. The quantitative estimate of drug-likeness (QED) is 0.312. The van der Waals surface area contributed by atoms with Gasteiger partial charge in [-0.2, -0.15) is 5.10 Å². The number of carbonyl (C=O) groups is 1. The number of methoxy groups -OCH3 is 1.